The molecule has 28 heavy (non-hydrogen) atoms. The van der Waals surface area contributed by atoms with Crippen LogP contribution in [0.15, 0.2) is 42.5 Å². The van der Waals surface area contributed by atoms with Crippen LogP contribution in [0.3, 0.4) is 0 Å². The molecule has 0 aromatic heterocycles. The number of hydrogen-bond acceptors (Lipinski definition) is 4. The molecule has 1 aliphatic rings. The average molecular weight is 383 g/mol. The number of rotatable bonds is 7. The van der Waals surface area contributed by atoms with Gasteiger partial charge in [-0.15, -0.1) is 0 Å². The molecular weight excluding hydrogens is 354 g/mol. The van der Waals surface area contributed by atoms with Gasteiger partial charge in [0.2, 0.25) is 0 Å². The predicted molar refractivity (Wildman–Crippen MR) is 110 cm³/mol. The normalized spacial score (nSPS) is 13.2. The zero-order chi connectivity index (χ0) is 19.9. The average Bonchev–Trinajstić information content (AvgIpc) is 2.72. The van der Waals surface area contributed by atoms with Crippen LogP contribution in [0.25, 0.3) is 0 Å². The molecule has 0 saturated heterocycles. The molecule has 0 radical (unpaired) electrons. The number of methoxy groups -OCH3 is 2. The summed E-state index contributed by atoms with van der Waals surface area (Å²) in [6.45, 7) is 3.58. The highest BCUT2D eigenvalue weighted by Crippen LogP contribution is 2.33. The van der Waals surface area contributed by atoms with E-state index in [-0.39, 0.29) is 6.03 Å². The van der Waals surface area contributed by atoms with Crippen LogP contribution in [0.5, 0.6) is 11.5 Å². The minimum Gasteiger partial charge on any atom is -0.493 e. The number of carbonyl (C=O) groups is 1. The summed E-state index contributed by atoms with van der Waals surface area (Å²) in [6, 6.07) is 14.3. The van der Waals surface area contributed by atoms with Gasteiger partial charge in [0, 0.05) is 32.7 Å². The number of nitrogens with zero attached hydrogens (tertiary/aromatic N) is 2. The number of urea groups is 1. The van der Waals surface area contributed by atoms with E-state index in [4.69, 9.17) is 9.47 Å². The first-order valence-electron chi connectivity index (χ1n) is 9.59. The summed E-state index contributed by atoms with van der Waals surface area (Å²) in [6.07, 6.45) is 0.816. The number of benzene rings is 2. The van der Waals surface area contributed by atoms with Crippen molar-refractivity contribution in [1.82, 2.24) is 15.1 Å². The summed E-state index contributed by atoms with van der Waals surface area (Å²) in [4.78, 5) is 16.6. The van der Waals surface area contributed by atoms with E-state index in [9.17, 15) is 4.79 Å². The van der Waals surface area contributed by atoms with Crippen LogP contribution in [-0.2, 0) is 19.5 Å². The Balaban J connectivity index is 1.49. The molecule has 1 heterocycles. The Bertz CT molecular complexity index is 795. The quantitative estimate of drug-likeness (QED) is 0.799. The molecule has 2 aromatic carbocycles. The number of amides is 2. The molecule has 2 aromatic rings. The number of carbonyl (C=O) groups excluding carboxylic acids is 1. The molecule has 6 heteroatoms. The molecule has 1 aliphatic heterocycles. The fraction of sp³-hybridized carbons (Fsp3) is 0.409. The van der Waals surface area contributed by atoms with E-state index in [1.54, 1.807) is 14.2 Å². The van der Waals surface area contributed by atoms with E-state index in [1.165, 1.54) is 11.1 Å². The molecule has 0 saturated carbocycles. The van der Waals surface area contributed by atoms with Crippen LogP contribution in [0.2, 0.25) is 0 Å². The molecule has 1 N–H and O–H groups in total. The third-order valence-corrected chi connectivity index (χ3v) is 5.07. The van der Waals surface area contributed by atoms with Gasteiger partial charge in [-0.25, -0.2) is 4.79 Å². The maximum absolute atomic E-state index is 12.6. The van der Waals surface area contributed by atoms with Crippen LogP contribution in [0, 0.1) is 0 Å². The summed E-state index contributed by atoms with van der Waals surface area (Å²) in [5.41, 5.74) is 3.60. The summed E-state index contributed by atoms with van der Waals surface area (Å²) in [7, 11) is 5.33. The number of likely N-dealkylation sites (N-methyl/N-ethyl adjacent to an activating group) is 1. The Hall–Kier alpha value is -2.73. The van der Waals surface area contributed by atoms with Gasteiger partial charge in [-0.2, -0.15) is 0 Å². The topological polar surface area (TPSA) is 54.0 Å². The third-order valence-electron chi connectivity index (χ3n) is 5.07. The fourth-order valence-electron chi connectivity index (χ4n) is 3.50. The summed E-state index contributed by atoms with van der Waals surface area (Å²) in [5, 5.41) is 3.04. The van der Waals surface area contributed by atoms with Gasteiger partial charge in [0.1, 0.15) is 0 Å². The highest BCUT2D eigenvalue weighted by atomic mass is 16.5. The Kier molecular flexibility index (Phi) is 6.76. The first-order chi connectivity index (χ1) is 13.6. The Labute approximate surface area is 167 Å². The number of nitrogens with one attached hydrogen (secondary N) is 1. The first kappa shape index (κ1) is 20.0. The summed E-state index contributed by atoms with van der Waals surface area (Å²) < 4.78 is 10.8. The highest BCUT2D eigenvalue weighted by Gasteiger charge is 2.22. The van der Waals surface area contributed by atoms with E-state index < -0.39 is 0 Å². The van der Waals surface area contributed by atoms with Crippen LogP contribution >= 0.6 is 0 Å². The SMILES string of the molecule is COc1cc2c(cc1OC)CN(C(=O)NCCN(C)Cc1ccccc1)CC2. The lowest BCUT2D eigenvalue weighted by Crippen LogP contribution is -2.44. The fourth-order valence-corrected chi connectivity index (χ4v) is 3.50. The molecule has 2 amide bonds. The number of hydrogen-bond donors (Lipinski definition) is 1. The molecule has 6 nitrogen and oxygen atoms in total. The van der Waals surface area contributed by atoms with Crippen molar-refractivity contribution in [3.8, 4) is 11.5 Å². The minimum atomic E-state index is -0.0199. The highest BCUT2D eigenvalue weighted by molar-refractivity contribution is 5.74. The van der Waals surface area contributed by atoms with E-state index >= 15 is 0 Å². The Morgan fingerprint density at radius 2 is 1.79 bits per heavy atom. The van der Waals surface area contributed by atoms with Crippen molar-refractivity contribution in [2.24, 2.45) is 0 Å². The monoisotopic (exact) mass is 383 g/mol. The van der Waals surface area contributed by atoms with Gasteiger partial charge in [-0.1, -0.05) is 30.3 Å². The van der Waals surface area contributed by atoms with Crippen LogP contribution in [0.1, 0.15) is 16.7 Å². The van der Waals surface area contributed by atoms with E-state index in [2.05, 4.69) is 29.4 Å². The molecular formula is C22H29N3O3. The van der Waals surface area contributed by atoms with Crippen molar-refractivity contribution in [1.29, 1.82) is 0 Å². The van der Waals surface area contributed by atoms with Gasteiger partial charge in [-0.05, 0) is 42.3 Å². The maximum atomic E-state index is 12.6. The molecule has 0 bridgehead atoms. The zero-order valence-electron chi connectivity index (χ0n) is 16.9. The molecule has 3 rings (SSSR count). The third kappa shape index (κ3) is 4.95. The molecule has 150 valence electrons. The number of ether oxygens (including phenoxy) is 2. The summed E-state index contributed by atoms with van der Waals surface area (Å²) in [5.74, 6) is 1.44. The van der Waals surface area contributed by atoms with Gasteiger partial charge in [0.25, 0.3) is 0 Å². The van der Waals surface area contributed by atoms with Crippen molar-refractivity contribution in [2.75, 3.05) is 40.9 Å². The molecule has 0 atom stereocenters. The second-order valence-corrected chi connectivity index (χ2v) is 7.10. The molecule has 0 fully saturated rings. The van der Waals surface area contributed by atoms with Crippen molar-refractivity contribution >= 4 is 6.03 Å². The van der Waals surface area contributed by atoms with E-state index in [0.717, 1.165) is 30.8 Å². The van der Waals surface area contributed by atoms with Crippen LogP contribution < -0.4 is 14.8 Å². The molecule has 0 aliphatic carbocycles. The van der Waals surface area contributed by atoms with Gasteiger partial charge in [0.05, 0.1) is 14.2 Å². The minimum absolute atomic E-state index is 0.0199. The van der Waals surface area contributed by atoms with Crippen molar-refractivity contribution in [2.45, 2.75) is 19.5 Å². The lowest BCUT2D eigenvalue weighted by atomic mass is 9.99. The van der Waals surface area contributed by atoms with E-state index in [1.807, 2.05) is 35.2 Å². The van der Waals surface area contributed by atoms with Crippen molar-refractivity contribution in [3.05, 3.63) is 59.2 Å². The van der Waals surface area contributed by atoms with Crippen molar-refractivity contribution < 1.29 is 14.3 Å². The standard InChI is InChI=1S/C22H29N3O3/c1-24(15-17-7-5-4-6-8-17)12-10-23-22(26)25-11-9-18-13-20(27-2)21(28-3)14-19(18)16-25/h4-8,13-14H,9-12,15-16H2,1-3H3,(H,23,26). The van der Waals surface area contributed by atoms with Crippen LogP contribution in [-0.4, -0.2) is 56.7 Å². The van der Waals surface area contributed by atoms with Crippen LogP contribution in [0.4, 0.5) is 4.79 Å². The lowest BCUT2D eigenvalue weighted by Gasteiger charge is -2.30. The second-order valence-electron chi connectivity index (χ2n) is 7.10. The number of fused-ring (bicyclic) bond motifs is 1. The van der Waals surface area contributed by atoms with Gasteiger partial charge in [-0.3, -0.25) is 0 Å². The molecule has 0 spiro atoms. The van der Waals surface area contributed by atoms with Crippen molar-refractivity contribution in [3.63, 3.8) is 0 Å². The second kappa shape index (κ2) is 9.46. The Morgan fingerprint density at radius 1 is 1.11 bits per heavy atom. The van der Waals surface area contributed by atoms with Gasteiger partial charge >= 0.3 is 6.03 Å². The first-order valence-corrected chi connectivity index (χ1v) is 9.59. The smallest absolute Gasteiger partial charge is 0.317 e. The maximum Gasteiger partial charge on any atom is 0.317 e. The predicted octanol–water partition coefficient (Wildman–Crippen LogP) is 2.90. The summed E-state index contributed by atoms with van der Waals surface area (Å²) >= 11 is 0. The lowest BCUT2D eigenvalue weighted by molar-refractivity contribution is 0.190. The van der Waals surface area contributed by atoms with Gasteiger partial charge < -0.3 is 24.6 Å². The zero-order valence-corrected chi connectivity index (χ0v) is 16.9. The van der Waals surface area contributed by atoms with E-state index in [0.29, 0.717) is 25.4 Å². The largest absolute Gasteiger partial charge is 0.493 e. The van der Waals surface area contributed by atoms with Gasteiger partial charge in [0.15, 0.2) is 11.5 Å². The molecule has 0 unspecified atom stereocenters. The Morgan fingerprint density at radius 3 is 2.46 bits per heavy atom.